The van der Waals surface area contributed by atoms with E-state index in [-0.39, 0.29) is 0 Å². The van der Waals surface area contributed by atoms with Crippen molar-refractivity contribution in [1.82, 2.24) is 20.4 Å². The zero-order valence-electron chi connectivity index (χ0n) is 15.4. The first kappa shape index (κ1) is 19.4. The summed E-state index contributed by atoms with van der Waals surface area (Å²) < 4.78 is 11.1. The zero-order chi connectivity index (χ0) is 17.0. The number of hydrogen-bond acceptors (Lipinski definition) is 5. The van der Waals surface area contributed by atoms with Crippen molar-refractivity contribution in [3.05, 3.63) is 0 Å². The Morgan fingerprint density at radius 3 is 2.58 bits per heavy atom. The van der Waals surface area contributed by atoms with Gasteiger partial charge < -0.3 is 25.0 Å². The molecule has 0 aromatic rings. The molecule has 1 unspecified atom stereocenters. The monoisotopic (exact) mass is 341 g/mol. The summed E-state index contributed by atoms with van der Waals surface area (Å²) >= 11 is 0. The third-order valence-corrected chi connectivity index (χ3v) is 4.71. The molecule has 2 heterocycles. The molecule has 140 valence electrons. The summed E-state index contributed by atoms with van der Waals surface area (Å²) in [4.78, 5) is 9.30. The second-order valence-corrected chi connectivity index (χ2v) is 6.41. The van der Waals surface area contributed by atoms with E-state index in [9.17, 15) is 0 Å². The van der Waals surface area contributed by atoms with Gasteiger partial charge in [-0.3, -0.25) is 9.89 Å². The van der Waals surface area contributed by atoms with Crippen LogP contribution in [0, 0.1) is 0 Å². The molecular formula is C17H35N5O2. The number of nitrogens with one attached hydrogen (secondary N) is 2. The van der Waals surface area contributed by atoms with Crippen LogP contribution in [0.25, 0.3) is 0 Å². The van der Waals surface area contributed by atoms with E-state index in [1.165, 1.54) is 32.7 Å². The molecule has 0 radical (unpaired) electrons. The standard InChI is InChI=1S/C17H35N5O2/c1-3-21-9-11-22(12-10-21)8-7-20-17(18-2)19-6-4-13-24-16-5-14-23-15-16/h16H,3-15H2,1-2H3,(H2,18,19,20). The molecule has 2 saturated heterocycles. The Labute approximate surface area is 146 Å². The number of rotatable bonds is 9. The Bertz CT molecular complexity index is 353. The number of likely N-dealkylation sites (N-methyl/N-ethyl adjacent to an activating group) is 1. The van der Waals surface area contributed by atoms with Gasteiger partial charge in [-0.15, -0.1) is 0 Å². The highest BCUT2D eigenvalue weighted by Crippen LogP contribution is 2.07. The van der Waals surface area contributed by atoms with Crippen molar-refractivity contribution < 1.29 is 9.47 Å². The lowest BCUT2D eigenvalue weighted by Gasteiger charge is -2.34. The highest BCUT2D eigenvalue weighted by atomic mass is 16.5. The van der Waals surface area contributed by atoms with Crippen molar-refractivity contribution in [3.63, 3.8) is 0 Å². The summed E-state index contributed by atoms with van der Waals surface area (Å²) in [5.41, 5.74) is 0. The minimum absolute atomic E-state index is 0.301. The molecule has 1 atom stereocenters. The Balaban J connectivity index is 1.46. The van der Waals surface area contributed by atoms with Gasteiger partial charge in [-0.1, -0.05) is 6.92 Å². The number of piperazine rings is 1. The predicted molar refractivity (Wildman–Crippen MR) is 97.7 cm³/mol. The van der Waals surface area contributed by atoms with E-state index >= 15 is 0 Å². The molecule has 0 aromatic carbocycles. The molecule has 2 rings (SSSR count). The maximum Gasteiger partial charge on any atom is 0.191 e. The van der Waals surface area contributed by atoms with Crippen molar-refractivity contribution in [2.45, 2.75) is 25.9 Å². The second kappa shape index (κ2) is 11.6. The summed E-state index contributed by atoms with van der Waals surface area (Å²) in [6.07, 6.45) is 2.31. The summed E-state index contributed by atoms with van der Waals surface area (Å²) in [5.74, 6) is 0.881. The fourth-order valence-electron chi connectivity index (χ4n) is 3.06. The van der Waals surface area contributed by atoms with Gasteiger partial charge in [-0.05, 0) is 19.4 Å². The first-order valence-corrected chi connectivity index (χ1v) is 9.40. The SMILES string of the molecule is CCN1CCN(CCNC(=NC)NCCCOC2CCOC2)CC1. The van der Waals surface area contributed by atoms with Crippen LogP contribution in [-0.4, -0.2) is 101 Å². The van der Waals surface area contributed by atoms with Crippen LogP contribution >= 0.6 is 0 Å². The molecule has 0 amide bonds. The Morgan fingerprint density at radius 1 is 1.17 bits per heavy atom. The number of nitrogens with zero attached hydrogens (tertiary/aromatic N) is 3. The smallest absolute Gasteiger partial charge is 0.191 e. The largest absolute Gasteiger partial charge is 0.379 e. The van der Waals surface area contributed by atoms with Gasteiger partial charge in [0.2, 0.25) is 0 Å². The first-order valence-electron chi connectivity index (χ1n) is 9.40. The Kier molecular flexibility index (Phi) is 9.42. The fraction of sp³-hybridized carbons (Fsp3) is 0.941. The van der Waals surface area contributed by atoms with Crippen molar-refractivity contribution >= 4 is 5.96 Å². The van der Waals surface area contributed by atoms with Gasteiger partial charge in [0.1, 0.15) is 0 Å². The van der Waals surface area contributed by atoms with Gasteiger partial charge in [0, 0.05) is 66.1 Å². The molecule has 7 heteroatoms. The van der Waals surface area contributed by atoms with Crippen LogP contribution < -0.4 is 10.6 Å². The average Bonchev–Trinajstić information content (AvgIpc) is 3.14. The van der Waals surface area contributed by atoms with Crippen molar-refractivity contribution in [3.8, 4) is 0 Å². The summed E-state index contributed by atoms with van der Waals surface area (Å²) in [6.45, 7) is 13.4. The van der Waals surface area contributed by atoms with Gasteiger partial charge in [-0.2, -0.15) is 0 Å². The normalized spacial score (nSPS) is 23.6. The number of ether oxygens (including phenoxy) is 2. The van der Waals surface area contributed by atoms with E-state index in [0.29, 0.717) is 6.10 Å². The number of guanidine groups is 1. The van der Waals surface area contributed by atoms with Crippen LogP contribution in [0.2, 0.25) is 0 Å². The van der Waals surface area contributed by atoms with Crippen LogP contribution in [0.3, 0.4) is 0 Å². The van der Waals surface area contributed by atoms with Gasteiger partial charge in [0.25, 0.3) is 0 Å². The van der Waals surface area contributed by atoms with E-state index in [0.717, 1.165) is 58.3 Å². The van der Waals surface area contributed by atoms with Crippen LogP contribution in [0.5, 0.6) is 0 Å². The second-order valence-electron chi connectivity index (χ2n) is 6.41. The third-order valence-electron chi connectivity index (χ3n) is 4.71. The van der Waals surface area contributed by atoms with Crippen molar-refractivity contribution in [1.29, 1.82) is 0 Å². The minimum atomic E-state index is 0.301. The van der Waals surface area contributed by atoms with Crippen LogP contribution in [0.4, 0.5) is 0 Å². The van der Waals surface area contributed by atoms with Gasteiger partial charge in [0.05, 0.1) is 12.7 Å². The average molecular weight is 342 g/mol. The van der Waals surface area contributed by atoms with Gasteiger partial charge >= 0.3 is 0 Å². The molecule has 7 nitrogen and oxygen atoms in total. The lowest BCUT2D eigenvalue weighted by atomic mass is 10.3. The molecule has 2 N–H and O–H groups in total. The molecule has 0 spiro atoms. The van der Waals surface area contributed by atoms with Crippen LogP contribution in [0.1, 0.15) is 19.8 Å². The summed E-state index contributed by atoms with van der Waals surface area (Å²) in [7, 11) is 1.82. The van der Waals surface area contributed by atoms with E-state index in [1.54, 1.807) is 0 Å². The first-order chi connectivity index (χ1) is 11.8. The van der Waals surface area contributed by atoms with Gasteiger partial charge in [0.15, 0.2) is 5.96 Å². The Morgan fingerprint density at radius 2 is 1.92 bits per heavy atom. The highest BCUT2D eigenvalue weighted by Gasteiger charge is 2.16. The van der Waals surface area contributed by atoms with Crippen LogP contribution in [-0.2, 0) is 9.47 Å². The van der Waals surface area contributed by atoms with E-state index in [2.05, 4.69) is 32.3 Å². The minimum Gasteiger partial charge on any atom is -0.379 e. The van der Waals surface area contributed by atoms with E-state index in [1.807, 2.05) is 7.05 Å². The predicted octanol–water partition coefficient (Wildman–Crippen LogP) is -0.0155. The molecule has 0 aliphatic carbocycles. The van der Waals surface area contributed by atoms with E-state index in [4.69, 9.17) is 9.47 Å². The molecule has 0 saturated carbocycles. The lowest BCUT2D eigenvalue weighted by Crippen LogP contribution is -2.49. The lowest BCUT2D eigenvalue weighted by molar-refractivity contribution is 0.0420. The van der Waals surface area contributed by atoms with Crippen LogP contribution in [0.15, 0.2) is 4.99 Å². The third kappa shape index (κ3) is 7.34. The topological polar surface area (TPSA) is 61.4 Å². The number of hydrogen-bond donors (Lipinski definition) is 2. The molecule has 0 aromatic heterocycles. The number of aliphatic imine (C=N–C) groups is 1. The molecule has 2 fully saturated rings. The fourth-order valence-corrected chi connectivity index (χ4v) is 3.06. The molecule has 2 aliphatic rings. The van der Waals surface area contributed by atoms with Crippen molar-refractivity contribution in [2.75, 3.05) is 79.2 Å². The molecular weight excluding hydrogens is 306 g/mol. The zero-order valence-corrected chi connectivity index (χ0v) is 15.4. The molecule has 2 aliphatic heterocycles. The maximum absolute atomic E-state index is 5.76. The maximum atomic E-state index is 5.76. The molecule has 0 bridgehead atoms. The quantitative estimate of drug-likeness (QED) is 0.349. The summed E-state index contributed by atoms with van der Waals surface area (Å²) in [5, 5.41) is 6.75. The van der Waals surface area contributed by atoms with Gasteiger partial charge in [-0.25, -0.2) is 0 Å². The molecule has 24 heavy (non-hydrogen) atoms. The summed E-state index contributed by atoms with van der Waals surface area (Å²) in [6, 6.07) is 0. The highest BCUT2D eigenvalue weighted by molar-refractivity contribution is 5.79. The van der Waals surface area contributed by atoms with Crippen molar-refractivity contribution in [2.24, 2.45) is 4.99 Å². The van der Waals surface area contributed by atoms with E-state index < -0.39 is 0 Å². The Hall–Kier alpha value is -0.890.